The van der Waals surface area contributed by atoms with Gasteiger partial charge in [-0.05, 0) is 20.5 Å². The molecule has 7 heteroatoms. The molecule has 1 atom stereocenters. The number of halogens is 4. The van der Waals surface area contributed by atoms with Gasteiger partial charge in [0.05, 0.1) is 0 Å². The van der Waals surface area contributed by atoms with Crippen LogP contribution in [0.25, 0.3) is 0 Å². The molecule has 0 N–H and O–H groups in total. The maximum absolute atomic E-state index is 13.5. The molecular weight excluding hydrogens is 250 g/mol. The predicted molar refractivity (Wildman–Crippen MR) is 58.4 cm³/mol. The quantitative estimate of drug-likeness (QED) is 0.599. The van der Waals surface area contributed by atoms with Crippen LogP contribution in [0, 0.1) is 23.5 Å². The molecule has 1 fully saturated rings. The van der Waals surface area contributed by atoms with Crippen LogP contribution in [0.5, 0.6) is 0 Å². The highest BCUT2D eigenvalue weighted by Crippen LogP contribution is 2.29. The second kappa shape index (κ2) is 4.72. The number of likely N-dealkylation sites (N-methyl/N-ethyl adjacent to an activating group) is 1. The molecule has 1 aliphatic rings. The smallest absolute Gasteiger partial charge is 0.253 e. The van der Waals surface area contributed by atoms with Gasteiger partial charge in [0.25, 0.3) is 11.9 Å². The second-order valence-corrected chi connectivity index (χ2v) is 4.52. The zero-order valence-electron chi connectivity index (χ0n) is 10.1. The average molecular weight is 263 g/mol. The van der Waals surface area contributed by atoms with Crippen molar-refractivity contribution in [3.63, 3.8) is 0 Å². The van der Waals surface area contributed by atoms with E-state index in [1.165, 1.54) is 4.90 Å². The Morgan fingerprint density at radius 2 is 1.67 bits per heavy atom. The lowest BCUT2D eigenvalue weighted by Crippen LogP contribution is -2.32. The highest BCUT2D eigenvalue weighted by atomic mass is 19.2. The van der Waals surface area contributed by atoms with Crippen LogP contribution < -0.4 is 4.90 Å². The first-order valence-corrected chi connectivity index (χ1v) is 5.53. The number of hydrogen-bond donors (Lipinski definition) is 0. The largest absolute Gasteiger partial charge is 0.365 e. The molecule has 1 aromatic rings. The molecule has 18 heavy (non-hydrogen) atoms. The number of rotatable bonds is 2. The van der Waals surface area contributed by atoms with Gasteiger partial charge in [0.15, 0.2) is 0 Å². The summed E-state index contributed by atoms with van der Waals surface area (Å²) in [6.45, 7) is 0.670. The number of nitrogens with zero attached hydrogens (tertiary/aromatic N) is 3. The minimum absolute atomic E-state index is 0.100. The Hall–Kier alpha value is -1.37. The number of pyridine rings is 1. The van der Waals surface area contributed by atoms with Crippen molar-refractivity contribution in [2.45, 2.75) is 12.5 Å². The molecule has 2 rings (SSSR count). The lowest BCUT2D eigenvalue weighted by atomic mass is 10.2. The summed E-state index contributed by atoms with van der Waals surface area (Å²) >= 11 is 0. The van der Waals surface area contributed by atoms with E-state index in [1.807, 2.05) is 19.0 Å². The third kappa shape index (κ3) is 2.14. The summed E-state index contributed by atoms with van der Waals surface area (Å²) in [5, 5.41) is 0. The van der Waals surface area contributed by atoms with Crippen molar-refractivity contribution >= 4 is 5.69 Å². The fourth-order valence-electron chi connectivity index (χ4n) is 2.12. The first-order valence-electron chi connectivity index (χ1n) is 5.53. The Balaban J connectivity index is 2.35. The maximum Gasteiger partial charge on any atom is 0.253 e. The number of anilines is 1. The van der Waals surface area contributed by atoms with Gasteiger partial charge in [0.2, 0.25) is 11.6 Å². The van der Waals surface area contributed by atoms with Crippen molar-refractivity contribution in [1.29, 1.82) is 0 Å². The molecule has 0 radical (unpaired) electrons. The van der Waals surface area contributed by atoms with Crippen LogP contribution in [0.2, 0.25) is 0 Å². The van der Waals surface area contributed by atoms with E-state index in [4.69, 9.17) is 0 Å². The van der Waals surface area contributed by atoms with E-state index in [-0.39, 0.29) is 6.04 Å². The Kier molecular flexibility index (Phi) is 3.43. The summed E-state index contributed by atoms with van der Waals surface area (Å²) in [6, 6.07) is 0.100. The van der Waals surface area contributed by atoms with Crippen LogP contribution in [0.1, 0.15) is 6.42 Å². The average Bonchev–Trinajstić information content (AvgIpc) is 2.76. The Labute approximate surface area is 102 Å². The van der Waals surface area contributed by atoms with Crippen molar-refractivity contribution in [3.05, 3.63) is 23.5 Å². The number of aromatic nitrogens is 1. The monoisotopic (exact) mass is 263 g/mol. The van der Waals surface area contributed by atoms with Gasteiger partial charge < -0.3 is 9.80 Å². The zero-order chi connectivity index (χ0) is 13.4. The fraction of sp³-hybridized carbons (Fsp3) is 0.545. The molecule has 3 nitrogen and oxygen atoms in total. The van der Waals surface area contributed by atoms with E-state index in [9.17, 15) is 17.6 Å². The lowest BCUT2D eigenvalue weighted by Gasteiger charge is -2.22. The molecule has 1 saturated heterocycles. The van der Waals surface area contributed by atoms with E-state index in [2.05, 4.69) is 4.98 Å². The summed E-state index contributed by atoms with van der Waals surface area (Å²) in [7, 11) is 3.68. The van der Waals surface area contributed by atoms with E-state index < -0.39 is 29.2 Å². The topological polar surface area (TPSA) is 19.4 Å². The highest BCUT2D eigenvalue weighted by molar-refractivity contribution is 5.49. The van der Waals surface area contributed by atoms with Crippen LogP contribution in [0.4, 0.5) is 23.2 Å². The lowest BCUT2D eigenvalue weighted by molar-refractivity contribution is 0.315. The van der Waals surface area contributed by atoms with Gasteiger partial charge in [0, 0.05) is 19.1 Å². The molecule has 0 bridgehead atoms. The van der Waals surface area contributed by atoms with Gasteiger partial charge in [-0.1, -0.05) is 0 Å². The molecule has 0 saturated carbocycles. The van der Waals surface area contributed by atoms with E-state index in [0.717, 1.165) is 0 Å². The Morgan fingerprint density at radius 3 is 2.11 bits per heavy atom. The van der Waals surface area contributed by atoms with E-state index in [1.54, 1.807) is 0 Å². The molecule has 0 amide bonds. The van der Waals surface area contributed by atoms with Gasteiger partial charge in [-0.25, -0.2) is 0 Å². The Morgan fingerprint density at radius 1 is 1.11 bits per heavy atom. The van der Waals surface area contributed by atoms with Crippen molar-refractivity contribution in [1.82, 2.24) is 9.88 Å². The van der Waals surface area contributed by atoms with E-state index in [0.29, 0.717) is 19.5 Å². The molecule has 1 aromatic heterocycles. The second-order valence-electron chi connectivity index (χ2n) is 4.52. The summed E-state index contributed by atoms with van der Waals surface area (Å²) in [5.74, 6) is -6.10. The van der Waals surface area contributed by atoms with Crippen LogP contribution in [0.3, 0.4) is 0 Å². The van der Waals surface area contributed by atoms with Crippen molar-refractivity contribution in [2.75, 3.05) is 32.1 Å². The summed E-state index contributed by atoms with van der Waals surface area (Å²) in [4.78, 5) is 5.75. The van der Waals surface area contributed by atoms with Crippen LogP contribution in [0.15, 0.2) is 0 Å². The molecule has 2 heterocycles. The van der Waals surface area contributed by atoms with Crippen LogP contribution in [-0.4, -0.2) is 43.1 Å². The standard InChI is InChI=1S/C11H13F4N3/c1-17(2)6-3-4-18(5-6)9-7(12)10(14)16-11(15)8(9)13/h6H,3-5H2,1-2H3. The minimum atomic E-state index is -1.61. The summed E-state index contributed by atoms with van der Waals surface area (Å²) in [5.41, 5.74) is -0.663. The molecule has 1 unspecified atom stereocenters. The third-order valence-corrected chi connectivity index (χ3v) is 3.18. The normalized spacial score (nSPS) is 19.9. The van der Waals surface area contributed by atoms with Crippen LogP contribution in [-0.2, 0) is 0 Å². The van der Waals surface area contributed by atoms with Gasteiger partial charge in [-0.15, -0.1) is 0 Å². The first kappa shape index (κ1) is 13.1. The van der Waals surface area contributed by atoms with Gasteiger partial charge in [-0.2, -0.15) is 22.5 Å². The SMILES string of the molecule is CN(C)C1CCN(c2c(F)c(F)nc(F)c2F)C1. The van der Waals surface area contributed by atoms with Gasteiger partial charge in [0.1, 0.15) is 5.69 Å². The number of hydrogen-bond acceptors (Lipinski definition) is 3. The minimum Gasteiger partial charge on any atom is -0.365 e. The maximum atomic E-state index is 13.5. The van der Waals surface area contributed by atoms with Crippen molar-refractivity contribution in [3.8, 4) is 0 Å². The third-order valence-electron chi connectivity index (χ3n) is 3.18. The van der Waals surface area contributed by atoms with E-state index >= 15 is 0 Å². The van der Waals surface area contributed by atoms with Crippen molar-refractivity contribution < 1.29 is 17.6 Å². The molecule has 100 valence electrons. The summed E-state index contributed by atoms with van der Waals surface area (Å²) in [6.07, 6.45) is 0.678. The van der Waals surface area contributed by atoms with Crippen molar-refractivity contribution in [2.24, 2.45) is 0 Å². The predicted octanol–water partition coefficient (Wildman–Crippen LogP) is 1.78. The molecule has 0 aromatic carbocycles. The summed E-state index contributed by atoms with van der Waals surface area (Å²) < 4.78 is 53.0. The van der Waals surface area contributed by atoms with Crippen LogP contribution >= 0.6 is 0 Å². The van der Waals surface area contributed by atoms with Gasteiger partial charge in [-0.3, -0.25) is 0 Å². The fourth-order valence-corrected chi connectivity index (χ4v) is 2.12. The molecule has 1 aliphatic heterocycles. The zero-order valence-corrected chi connectivity index (χ0v) is 10.1. The Bertz CT molecular complexity index is 438. The highest BCUT2D eigenvalue weighted by Gasteiger charge is 2.31. The van der Waals surface area contributed by atoms with Gasteiger partial charge >= 0.3 is 0 Å². The first-order chi connectivity index (χ1) is 8.41. The molecule has 0 aliphatic carbocycles. The molecule has 0 spiro atoms. The molecular formula is C11H13F4N3.